The Labute approximate surface area is 58.3 Å². The Kier molecular flexibility index (Phi) is 1.07. The Morgan fingerprint density at radius 2 is 2.10 bits per heavy atom. The van der Waals surface area contributed by atoms with E-state index in [2.05, 4.69) is 9.97 Å². The Bertz CT molecular complexity index is 248. The highest BCUT2D eigenvalue weighted by molar-refractivity contribution is 5.12. The third-order valence-corrected chi connectivity index (χ3v) is 1.33. The second-order valence-corrected chi connectivity index (χ2v) is 2.00. The van der Waals surface area contributed by atoms with Crippen LogP contribution in [0.1, 0.15) is 0 Å². The van der Waals surface area contributed by atoms with Crippen LogP contribution in [0.2, 0.25) is 0 Å². The molecule has 0 unspecified atom stereocenters. The van der Waals surface area contributed by atoms with Crippen LogP contribution in [0.5, 0.6) is 0 Å². The molecule has 0 aliphatic carbocycles. The lowest BCUT2D eigenvalue weighted by atomic mass is 10.7. The molecule has 2 rings (SSSR count). The van der Waals surface area contributed by atoms with Gasteiger partial charge in [-0.05, 0) is 12.1 Å². The van der Waals surface area contributed by atoms with Gasteiger partial charge in [0.05, 0.1) is 0 Å². The van der Waals surface area contributed by atoms with E-state index >= 15 is 0 Å². The zero-order valence-electron chi connectivity index (χ0n) is 5.36. The summed E-state index contributed by atoms with van der Waals surface area (Å²) in [4.78, 5) is 7.06. The van der Waals surface area contributed by atoms with Crippen LogP contribution >= 0.6 is 0 Å². The molecule has 10 heavy (non-hydrogen) atoms. The van der Waals surface area contributed by atoms with Crippen molar-refractivity contribution in [2.24, 2.45) is 0 Å². The van der Waals surface area contributed by atoms with E-state index in [0.29, 0.717) is 0 Å². The minimum atomic E-state index is 0.852. The van der Waals surface area contributed by atoms with Gasteiger partial charge in [-0.3, -0.25) is 4.57 Å². The summed E-state index contributed by atoms with van der Waals surface area (Å²) in [5.41, 5.74) is 0. The molecule has 0 aromatic carbocycles. The van der Waals surface area contributed by atoms with Crippen LogP contribution in [-0.2, 0) is 0 Å². The monoisotopic (exact) mass is 133 g/mol. The maximum absolute atomic E-state index is 4.07. The molecular weight excluding hydrogens is 126 g/mol. The minimum absolute atomic E-state index is 0.852. The molecule has 0 aliphatic heterocycles. The maximum atomic E-state index is 4.07. The van der Waals surface area contributed by atoms with Crippen molar-refractivity contribution in [3.05, 3.63) is 36.9 Å². The first-order chi connectivity index (χ1) is 4.97. The van der Waals surface area contributed by atoms with Gasteiger partial charge in [0.15, 0.2) is 0 Å². The molecule has 0 saturated heterocycles. The van der Waals surface area contributed by atoms with E-state index in [-0.39, 0.29) is 0 Å². The molecule has 0 spiro atoms. The van der Waals surface area contributed by atoms with Gasteiger partial charge in [0.2, 0.25) is 5.95 Å². The molecule has 3 heteroatoms. The van der Waals surface area contributed by atoms with Gasteiger partial charge in [-0.25, -0.2) is 4.98 Å². The molecule has 0 aliphatic rings. The highest BCUT2D eigenvalue weighted by atomic mass is 15.1. The van der Waals surface area contributed by atoms with E-state index < -0.39 is 0 Å². The Balaban J connectivity index is 2.48. The molecule has 2 heterocycles. The lowest BCUT2D eigenvalue weighted by molar-refractivity contribution is 0.973. The maximum Gasteiger partial charge on any atom is 0.211 e. The van der Waals surface area contributed by atoms with Gasteiger partial charge in [-0.2, -0.15) is 0 Å². The Morgan fingerprint density at radius 1 is 1.30 bits per heavy atom. The van der Waals surface area contributed by atoms with Gasteiger partial charge in [-0.1, -0.05) is 0 Å². The van der Waals surface area contributed by atoms with Gasteiger partial charge in [0, 0.05) is 24.8 Å². The number of aromatic amines is 1. The van der Waals surface area contributed by atoms with Crippen LogP contribution in [0.3, 0.4) is 0 Å². The fourth-order valence-electron chi connectivity index (χ4n) is 0.874. The average molecular weight is 133 g/mol. The molecule has 50 valence electrons. The predicted octanol–water partition coefficient (Wildman–Crippen LogP) is 1.20. The number of aromatic nitrogens is 3. The summed E-state index contributed by atoms with van der Waals surface area (Å²) < 4.78 is 1.92. The number of rotatable bonds is 1. The standard InChI is InChI=1S/C7H7N3/c1-2-6-10(5-1)7-8-3-4-9-7/h1-6H,(H,8,9). The van der Waals surface area contributed by atoms with Crippen LogP contribution in [0.15, 0.2) is 36.9 Å². The summed E-state index contributed by atoms with van der Waals surface area (Å²) in [5.74, 6) is 0.852. The number of nitrogens with one attached hydrogen (secondary N) is 1. The first-order valence-corrected chi connectivity index (χ1v) is 3.09. The molecule has 2 aromatic heterocycles. The van der Waals surface area contributed by atoms with Crippen molar-refractivity contribution in [1.29, 1.82) is 0 Å². The summed E-state index contributed by atoms with van der Waals surface area (Å²) >= 11 is 0. The summed E-state index contributed by atoms with van der Waals surface area (Å²) in [5, 5.41) is 0. The topological polar surface area (TPSA) is 33.6 Å². The fourth-order valence-corrected chi connectivity index (χ4v) is 0.874. The lowest BCUT2D eigenvalue weighted by Crippen LogP contribution is -1.90. The molecule has 0 atom stereocenters. The van der Waals surface area contributed by atoms with Crippen LogP contribution in [-0.4, -0.2) is 14.5 Å². The van der Waals surface area contributed by atoms with Gasteiger partial charge in [0.25, 0.3) is 0 Å². The van der Waals surface area contributed by atoms with Gasteiger partial charge in [0.1, 0.15) is 0 Å². The highest BCUT2D eigenvalue weighted by Crippen LogP contribution is 1.98. The summed E-state index contributed by atoms with van der Waals surface area (Å²) in [6.45, 7) is 0. The quantitative estimate of drug-likeness (QED) is 0.623. The van der Waals surface area contributed by atoms with Crippen molar-refractivity contribution < 1.29 is 0 Å². The zero-order chi connectivity index (χ0) is 6.81. The molecule has 0 amide bonds. The molecule has 0 bridgehead atoms. The molecule has 1 N–H and O–H groups in total. The molecule has 3 nitrogen and oxygen atoms in total. The summed E-state index contributed by atoms with van der Waals surface area (Å²) in [7, 11) is 0. The minimum Gasteiger partial charge on any atom is -0.330 e. The van der Waals surface area contributed by atoms with E-state index in [1.165, 1.54) is 0 Å². The summed E-state index contributed by atoms with van der Waals surface area (Å²) in [6, 6.07) is 3.92. The largest absolute Gasteiger partial charge is 0.330 e. The highest BCUT2D eigenvalue weighted by Gasteiger charge is 1.92. The molecular formula is C7H7N3. The van der Waals surface area contributed by atoms with E-state index in [1.807, 2.05) is 29.1 Å². The van der Waals surface area contributed by atoms with Gasteiger partial charge < -0.3 is 4.98 Å². The van der Waals surface area contributed by atoms with Crippen LogP contribution < -0.4 is 0 Å². The van der Waals surface area contributed by atoms with Crippen LogP contribution in [0, 0.1) is 0 Å². The van der Waals surface area contributed by atoms with E-state index in [9.17, 15) is 0 Å². The molecule has 0 radical (unpaired) electrons. The average Bonchev–Trinajstić information content (AvgIpc) is 2.59. The summed E-state index contributed by atoms with van der Waals surface area (Å²) in [6.07, 6.45) is 7.42. The first-order valence-electron chi connectivity index (χ1n) is 3.09. The predicted molar refractivity (Wildman–Crippen MR) is 37.9 cm³/mol. The van der Waals surface area contributed by atoms with Crippen molar-refractivity contribution in [1.82, 2.24) is 14.5 Å². The SMILES string of the molecule is c1ccn(-c2ncc[nH]2)c1. The first kappa shape index (κ1) is 5.29. The van der Waals surface area contributed by atoms with Gasteiger partial charge >= 0.3 is 0 Å². The van der Waals surface area contributed by atoms with Crippen molar-refractivity contribution in [3.63, 3.8) is 0 Å². The van der Waals surface area contributed by atoms with Crippen molar-refractivity contribution in [2.75, 3.05) is 0 Å². The number of nitrogens with zero attached hydrogens (tertiary/aromatic N) is 2. The van der Waals surface area contributed by atoms with Crippen molar-refractivity contribution >= 4 is 0 Å². The van der Waals surface area contributed by atoms with Crippen molar-refractivity contribution in [3.8, 4) is 5.95 Å². The normalized spacial score (nSPS) is 10.0. The lowest BCUT2D eigenvalue weighted by Gasteiger charge is -1.92. The van der Waals surface area contributed by atoms with E-state index in [1.54, 1.807) is 12.4 Å². The second-order valence-electron chi connectivity index (χ2n) is 2.00. The molecule has 0 fully saturated rings. The number of hydrogen-bond acceptors (Lipinski definition) is 1. The van der Waals surface area contributed by atoms with E-state index in [4.69, 9.17) is 0 Å². The third-order valence-electron chi connectivity index (χ3n) is 1.33. The van der Waals surface area contributed by atoms with Crippen LogP contribution in [0.4, 0.5) is 0 Å². The molecule has 2 aromatic rings. The fraction of sp³-hybridized carbons (Fsp3) is 0. The van der Waals surface area contributed by atoms with Crippen molar-refractivity contribution in [2.45, 2.75) is 0 Å². The van der Waals surface area contributed by atoms with Crippen LogP contribution in [0.25, 0.3) is 5.95 Å². The Morgan fingerprint density at radius 3 is 2.70 bits per heavy atom. The number of H-pyrrole nitrogens is 1. The zero-order valence-corrected chi connectivity index (χ0v) is 5.36. The number of hydrogen-bond donors (Lipinski definition) is 1. The van der Waals surface area contributed by atoms with Gasteiger partial charge in [-0.15, -0.1) is 0 Å². The van der Waals surface area contributed by atoms with E-state index in [0.717, 1.165) is 5.95 Å². The smallest absolute Gasteiger partial charge is 0.211 e. The molecule has 0 saturated carbocycles. The third kappa shape index (κ3) is 0.719. The Hall–Kier alpha value is -1.51. The second kappa shape index (κ2) is 2.02. The number of imidazole rings is 1.